The van der Waals surface area contributed by atoms with E-state index in [-0.39, 0.29) is 23.5 Å². The second-order valence-corrected chi connectivity index (χ2v) is 8.99. The van der Waals surface area contributed by atoms with E-state index in [4.69, 9.17) is 9.72 Å². The number of aryl methyl sites for hydroxylation is 1. The van der Waals surface area contributed by atoms with Gasteiger partial charge >= 0.3 is 5.69 Å². The quantitative estimate of drug-likeness (QED) is 0.575. The Kier molecular flexibility index (Phi) is 5.69. The molecule has 0 aliphatic carbocycles. The van der Waals surface area contributed by atoms with Crippen LogP contribution in [0.2, 0.25) is 0 Å². The van der Waals surface area contributed by atoms with Crippen molar-refractivity contribution in [3.05, 3.63) is 61.0 Å². The first-order valence-corrected chi connectivity index (χ1v) is 10.8. The summed E-state index contributed by atoms with van der Waals surface area (Å²) in [6, 6.07) is 8.00. The van der Waals surface area contributed by atoms with Gasteiger partial charge in [-0.3, -0.25) is 18.8 Å². The fraction of sp³-hybridized carbons (Fsp3) is 0.476. The summed E-state index contributed by atoms with van der Waals surface area (Å²) in [6.07, 6.45) is 0.269. The summed E-state index contributed by atoms with van der Waals surface area (Å²) in [6.45, 7) is 6.80. The molecule has 0 saturated carbocycles. The van der Waals surface area contributed by atoms with Gasteiger partial charge in [0.25, 0.3) is 5.56 Å². The molecule has 2 aromatic heterocycles. The largest absolute Gasteiger partial charge is 0.373 e. The molecule has 0 N–H and O–H groups in total. The lowest BCUT2D eigenvalue weighted by molar-refractivity contribution is -0.0712. The maximum absolute atomic E-state index is 13.0. The number of imidazole rings is 1. The van der Waals surface area contributed by atoms with Gasteiger partial charge in [-0.15, -0.1) is 0 Å². The van der Waals surface area contributed by atoms with Crippen molar-refractivity contribution in [2.24, 2.45) is 14.1 Å². The minimum Gasteiger partial charge on any atom is -0.373 e. The first-order chi connectivity index (χ1) is 14.2. The van der Waals surface area contributed by atoms with Crippen LogP contribution in [-0.4, -0.2) is 48.9 Å². The van der Waals surface area contributed by atoms with Crippen molar-refractivity contribution in [3.8, 4) is 0 Å². The first kappa shape index (κ1) is 21.0. The molecule has 1 aliphatic rings. The van der Waals surface area contributed by atoms with Gasteiger partial charge in [0.05, 0.1) is 18.8 Å². The van der Waals surface area contributed by atoms with Gasteiger partial charge in [-0.2, -0.15) is 0 Å². The molecule has 0 bridgehead atoms. The lowest BCUT2D eigenvalue weighted by Crippen LogP contribution is -2.45. The van der Waals surface area contributed by atoms with E-state index in [1.165, 1.54) is 11.6 Å². The molecule has 4 rings (SSSR count). The number of rotatable bonds is 4. The fourth-order valence-electron chi connectivity index (χ4n) is 4.17. The zero-order chi connectivity index (χ0) is 21.6. The second kappa shape index (κ2) is 8.13. The number of aromatic nitrogens is 4. The Labute approximate surface area is 182 Å². The molecular formula is C21H26BrN5O3. The van der Waals surface area contributed by atoms with Crippen LogP contribution in [0.4, 0.5) is 0 Å². The molecule has 1 fully saturated rings. The summed E-state index contributed by atoms with van der Waals surface area (Å²) in [4.78, 5) is 32.5. The van der Waals surface area contributed by atoms with E-state index in [9.17, 15) is 9.59 Å². The minimum atomic E-state index is -0.374. The predicted molar refractivity (Wildman–Crippen MR) is 119 cm³/mol. The van der Waals surface area contributed by atoms with E-state index in [2.05, 4.69) is 34.7 Å². The van der Waals surface area contributed by atoms with Gasteiger partial charge in [-0.05, 0) is 31.5 Å². The molecule has 160 valence electrons. The molecule has 3 aromatic rings. The number of halogens is 1. The highest BCUT2D eigenvalue weighted by Gasteiger charge is 2.25. The van der Waals surface area contributed by atoms with E-state index in [1.54, 1.807) is 7.05 Å². The number of hydrogen-bond acceptors (Lipinski definition) is 5. The second-order valence-electron chi connectivity index (χ2n) is 8.07. The summed E-state index contributed by atoms with van der Waals surface area (Å²) in [5, 5.41) is 0. The maximum atomic E-state index is 13.0. The molecule has 30 heavy (non-hydrogen) atoms. The lowest BCUT2D eigenvalue weighted by Gasteiger charge is -2.35. The maximum Gasteiger partial charge on any atom is 0.332 e. The standard InChI is InChI=1S/C21H26BrN5O3/c1-13-9-26(10-14(2)30-13)12-17-23-19-18(20(28)25(4)21(29)24(19)3)27(17)11-15-5-7-16(22)8-6-15/h5-8,13-14H,9-12H2,1-4H3. The van der Waals surface area contributed by atoms with Crippen LogP contribution in [0, 0.1) is 0 Å². The zero-order valence-electron chi connectivity index (χ0n) is 17.6. The van der Waals surface area contributed by atoms with Crippen LogP contribution in [-0.2, 0) is 31.9 Å². The molecule has 1 aliphatic heterocycles. The Bertz CT molecular complexity index is 1180. The topological polar surface area (TPSA) is 74.3 Å². The van der Waals surface area contributed by atoms with Crippen LogP contribution >= 0.6 is 15.9 Å². The smallest absolute Gasteiger partial charge is 0.332 e. The number of benzene rings is 1. The van der Waals surface area contributed by atoms with Crippen molar-refractivity contribution in [2.45, 2.75) is 39.1 Å². The SMILES string of the molecule is CC1CN(Cc2nc3c(c(=O)n(C)c(=O)n3C)n2Cc2ccc(Br)cc2)CC(C)O1. The molecule has 2 atom stereocenters. The van der Waals surface area contributed by atoms with E-state index in [1.807, 2.05) is 28.8 Å². The van der Waals surface area contributed by atoms with Crippen molar-refractivity contribution in [1.29, 1.82) is 0 Å². The summed E-state index contributed by atoms with van der Waals surface area (Å²) < 4.78 is 11.4. The first-order valence-electron chi connectivity index (χ1n) is 10.0. The monoisotopic (exact) mass is 475 g/mol. The van der Waals surface area contributed by atoms with Gasteiger partial charge in [0.1, 0.15) is 5.82 Å². The molecule has 1 saturated heterocycles. The van der Waals surface area contributed by atoms with Crippen molar-refractivity contribution in [3.63, 3.8) is 0 Å². The van der Waals surface area contributed by atoms with Crippen molar-refractivity contribution in [1.82, 2.24) is 23.6 Å². The highest BCUT2D eigenvalue weighted by molar-refractivity contribution is 9.10. The van der Waals surface area contributed by atoms with Crippen LogP contribution in [0.15, 0.2) is 38.3 Å². The average Bonchev–Trinajstić information content (AvgIpc) is 3.03. The minimum absolute atomic E-state index is 0.135. The summed E-state index contributed by atoms with van der Waals surface area (Å²) in [5.41, 5.74) is 1.23. The van der Waals surface area contributed by atoms with E-state index < -0.39 is 0 Å². The number of morpholine rings is 1. The summed E-state index contributed by atoms with van der Waals surface area (Å²) >= 11 is 3.46. The third-order valence-electron chi connectivity index (χ3n) is 5.54. The summed E-state index contributed by atoms with van der Waals surface area (Å²) in [7, 11) is 3.16. The number of nitrogens with zero attached hydrogens (tertiary/aromatic N) is 5. The van der Waals surface area contributed by atoms with Gasteiger partial charge in [0.15, 0.2) is 11.2 Å². The van der Waals surface area contributed by atoms with Crippen LogP contribution in [0.25, 0.3) is 11.2 Å². The lowest BCUT2D eigenvalue weighted by atomic mass is 10.2. The average molecular weight is 476 g/mol. The normalized spacial score (nSPS) is 20.2. The zero-order valence-corrected chi connectivity index (χ0v) is 19.2. The van der Waals surface area contributed by atoms with Gasteiger partial charge < -0.3 is 9.30 Å². The van der Waals surface area contributed by atoms with Crippen molar-refractivity contribution >= 4 is 27.1 Å². The highest BCUT2D eigenvalue weighted by atomic mass is 79.9. The third kappa shape index (κ3) is 3.89. The molecule has 0 spiro atoms. The van der Waals surface area contributed by atoms with Gasteiger partial charge in [0.2, 0.25) is 0 Å². The Morgan fingerprint density at radius 2 is 1.67 bits per heavy atom. The Morgan fingerprint density at radius 3 is 2.30 bits per heavy atom. The summed E-state index contributed by atoms with van der Waals surface area (Å²) in [5.74, 6) is 0.771. The molecule has 0 amide bonds. The highest BCUT2D eigenvalue weighted by Crippen LogP contribution is 2.19. The molecule has 3 heterocycles. The fourth-order valence-corrected chi connectivity index (χ4v) is 4.43. The van der Waals surface area contributed by atoms with E-state index in [0.717, 1.165) is 33.5 Å². The molecule has 8 nitrogen and oxygen atoms in total. The number of ether oxygens (including phenoxy) is 1. The number of hydrogen-bond donors (Lipinski definition) is 0. The van der Waals surface area contributed by atoms with Gasteiger partial charge in [-0.1, -0.05) is 28.1 Å². The third-order valence-corrected chi connectivity index (χ3v) is 6.07. The van der Waals surface area contributed by atoms with Crippen molar-refractivity contribution < 1.29 is 4.74 Å². The molecular weight excluding hydrogens is 450 g/mol. The molecule has 1 aromatic carbocycles. The Morgan fingerprint density at radius 1 is 1.03 bits per heavy atom. The molecule has 0 radical (unpaired) electrons. The van der Waals surface area contributed by atoms with Gasteiger partial charge in [0, 0.05) is 38.2 Å². The van der Waals surface area contributed by atoms with Crippen molar-refractivity contribution in [2.75, 3.05) is 13.1 Å². The Hall–Kier alpha value is -2.23. The van der Waals surface area contributed by atoms with Gasteiger partial charge in [-0.25, -0.2) is 9.78 Å². The van der Waals surface area contributed by atoms with E-state index in [0.29, 0.717) is 24.3 Å². The number of fused-ring (bicyclic) bond motifs is 1. The molecule has 9 heteroatoms. The van der Waals surface area contributed by atoms with Crippen LogP contribution in [0.1, 0.15) is 25.2 Å². The Balaban J connectivity index is 1.84. The van der Waals surface area contributed by atoms with Crippen LogP contribution in [0.5, 0.6) is 0 Å². The van der Waals surface area contributed by atoms with Crippen LogP contribution < -0.4 is 11.2 Å². The van der Waals surface area contributed by atoms with Crippen LogP contribution in [0.3, 0.4) is 0 Å². The predicted octanol–water partition coefficient (Wildman–Crippen LogP) is 1.85. The van der Waals surface area contributed by atoms with E-state index >= 15 is 0 Å². The molecule has 2 unspecified atom stereocenters.